The van der Waals surface area contributed by atoms with Crippen LogP contribution in [-0.4, -0.2) is 47.7 Å². The predicted molar refractivity (Wildman–Crippen MR) is 84.2 cm³/mol. The number of benzene rings is 1. The number of methoxy groups -OCH3 is 2. The van der Waals surface area contributed by atoms with Gasteiger partial charge in [0.15, 0.2) is 17.2 Å². The molecule has 0 atom stereocenters. The van der Waals surface area contributed by atoms with Crippen LogP contribution >= 0.6 is 0 Å². The van der Waals surface area contributed by atoms with Crippen LogP contribution in [0.15, 0.2) is 24.4 Å². The summed E-state index contributed by atoms with van der Waals surface area (Å²) in [7, 11) is 3.04. The van der Waals surface area contributed by atoms with Crippen LogP contribution in [0.1, 0.15) is 17.4 Å². The molecule has 0 saturated carbocycles. The zero-order valence-electron chi connectivity index (χ0n) is 13.6. The van der Waals surface area contributed by atoms with Crippen molar-refractivity contribution in [1.82, 2.24) is 15.0 Å². The van der Waals surface area contributed by atoms with Crippen LogP contribution in [0, 0.1) is 0 Å². The molecule has 9 nitrogen and oxygen atoms in total. The molecule has 24 heavy (non-hydrogen) atoms. The molecule has 1 amide bonds. The fourth-order valence-electron chi connectivity index (χ4n) is 1.94. The van der Waals surface area contributed by atoms with Gasteiger partial charge in [0.25, 0.3) is 0 Å². The monoisotopic (exact) mass is 334 g/mol. The van der Waals surface area contributed by atoms with Gasteiger partial charge in [0.05, 0.1) is 27.0 Å². The van der Waals surface area contributed by atoms with E-state index in [9.17, 15) is 9.59 Å². The van der Waals surface area contributed by atoms with E-state index in [0.717, 1.165) is 0 Å². The van der Waals surface area contributed by atoms with E-state index >= 15 is 0 Å². The molecule has 0 spiro atoms. The molecule has 0 radical (unpaired) electrons. The van der Waals surface area contributed by atoms with E-state index in [1.54, 1.807) is 25.1 Å². The minimum Gasteiger partial charge on any atom is -0.493 e. The highest BCUT2D eigenvalue weighted by Crippen LogP contribution is 2.29. The minimum absolute atomic E-state index is 0.0516. The van der Waals surface area contributed by atoms with E-state index in [0.29, 0.717) is 17.2 Å². The van der Waals surface area contributed by atoms with E-state index in [-0.39, 0.29) is 24.8 Å². The minimum atomic E-state index is -0.580. The van der Waals surface area contributed by atoms with Gasteiger partial charge in [-0.3, -0.25) is 4.79 Å². The van der Waals surface area contributed by atoms with Crippen LogP contribution in [-0.2, 0) is 16.1 Å². The number of carbonyl (C=O) groups is 2. The zero-order chi connectivity index (χ0) is 17.5. The summed E-state index contributed by atoms with van der Waals surface area (Å²) in [5.41, 5.74) is 0.596. The maximum atomic E-state index is 12.1. The van der Waals surface area contributed by atoms with E-state index in [2.05, 4.69) is 15.6 Å². The van der Waals surface area contributed by atoms with E-state index in [1.165, 1.54) is 25.1 Å². The third-order valence-corrected chi connectivity index (χ3v) is 3.00. The third kappa shape index (κ3) is 4.22. The molecule has 9 heteroatoms. The highest BCUT2D eigenvalue weighted by molar-refractivity contribution is 5.91. The fourth-order valence-corrected chi connectivity index (χ4v) is 1.94. The quantitative estimate of drug-likeness (QED) is 0.756. The van der Waals surface area contributed by atoms with Crippen molar-refractivity contribution >= 4 is 17.6 Å². The second-order valence-corrected chi connectivity index (χ2v) is 4.64. The Morgan fingerprint density at radius 1 is 1.21 bits per heavy atom. The molecule has 0 unspecified atom stereocenters. The van der Waals surface area contributed by atoms with Gasteiger partial charge >= 0.3 is 5.97 Å². The summed E-state index contributed by atoms with van der Waals surface area (Å²) in [5, 5.41) is 10.1. The molecule has 2 rings (SSSR count). The molecule has 1 aromatic heterocycles. The van der Waals surface area contributed by atoms with Crippen LogP contribution < -0.4 is 14.8 Å². The lowest BCUT2D eigenvalue weighted by Gasteiger charge is -2.10. The SMILES string of the molecule is CCOC(=O)c1cn(CC(=O)Nc2ccc(OC)c(OC)c2)nn1. The summed E-state index contributed by atoms with van der Waals surface area (Å²) < 4.78 is 16.4. The first-order valence-corrected chi connectivity index (χ1v) is 7.16. The molecular weight excluding hydrogens is 316 g/mol. The summed E-state index contributed by atoms with van der Waals surface area (Å²) in [5.74, 6) is 0.151. The lowest BCUT2D eigenvalue weighted by molar-refractivity contribution is -0.116. The van der Waals surface area contributed by atoms with Gasteiger partial charge in [-0.1, -0.05) is 5.21 Å². The van der Waals surface area contributed by atoms with E-state index in [1.807, 2.05) is 0 Å². The maximum absolute atomic E-state index is 12.1. The van der Waals surface area contributed by atoms with Crippen molar-refractivity contribution in [3.8, 4) is 11.5 Å². The van der Waals surface area contributed by atoms with Crippen LogP contribution in [0.4, 0.5) is 5.69 Å². The molecule has 2 aromatic rings. The van der Waals surface area contributed by atoms with Gasteiger partial charge in [-0.2, -0.15) is 0 Å². The Kier molecular flexibility index (Phi) is 5.72. The molecule has 0 fully saturated rings. The molecule has 0 saturated heterocycles. The van der Waals surface area contributed by atoms with Crippen molar-refractivity contribution in [2.75, 3.05) is 26.1 Å². The first-order chi connectivity index (χ1) is 11.6. The van der Waals surface area contributed by atoms with Gasteiger partial charge in [-0.25, -0.2) is 9.48 Å². The number of anilines is 1. The zero-order valence-corrected chi connectivity index (χ0v) is 13.6. The Labute approximate surface area is 138 Å². The summed E-state index contributed by atoms with van der Waals surface area (Å²) in [4.78, 5) is 23.6. The summed E-state index contributed by atoms with van der Waals surface area (Å²) in [6.45, 7) is 1.84. The second kappa shape index (κ2) is 7.95. The Hall–Kier alpha value is -3.10. The van der Waals surface area contributed by atoms with Crippen LogP contribution in [0.3, 0.4) is 0 Å². The van der Waals surface area contributed by atoms with Crippen LogP contribution in [0.5, 0.6) is 11.5 Å². The number of nitrogens with one attached hydrogen (secondary N) is 1. The van der Waals surface area contributed by atoms with Gasteiger partial charge < -0.3 is 19.5 Å². The fraction of sp³-hybridized carbons (Fsp3) is 0.333. The lowest BCUT2D eigenvalue weighted by atomic mass is 10.2. The highest BCUT2D eigenvalue weighted by Gasteiger charge is 2.13. The number of amides is 1. The number of nitrogens with zero attached hydrogens (tertiary/aromatic N) is 3. The maximum Gasteiger partial charge on any atom is 0.360 e. The summed E-state index contributed by atoms with van der Waals surface area (Å²) in [6, 6.07) is 5.01. The van der Waals surface area contributed by atoms with Crippen molar-refractivity contribution in [2.45, 2.75) is 13.5 Å². The van der Waals surface area contributed by atoms with Gasteiger partial charge in [-0.15, -0.1) is 5.10 Å². The highest BCUT2D eigenvalue weighted by atomic mass is 16.5. The van der Waals surface area contributed by atoms with Crippen LogP contribution in [0.2, 0.25) is 0 Å². The second-order valence-electron chi connectivity index (χ2n) is 4.64. The molecule has 128 valence electrons. The molecule has 1 aromatic carbocycles. The van der Waals surface area contributed by atoms with Gasteiger partial charge in [0.2, 0.25) is 5.91 Å². The molecule has 0 aliphatic carbocycles. The summed E-state index contributed by atoms with van der Waals surface area (Å²) in [6.07, 6.45) is 1.35. The predicted octanol–water partition coefficient (Wildman–Crippen LogP) is 1.11. The number of ether oxygens (including phenoxy) is 3. The molecule has 1 heterocycles. The topological polar surface area (TPSA) is 105 Å². The number of carbonyl (C=O) groups excluding carboxylic acids is 2. The third-order valence-electron chi connectivity index (χ3n) is 3.00. The Morgan fingerprint density at radius 3 is 2.62 bits per heavy atom. The Balaban J connectivity index is 1.99. The molecule has 0 aliphatic heterocycles. The standard InChI is InChI=1S/C15H18N4O5/c1-4-24-15(21)11-8-19(18-17-11)9-14(20)16-10-5-6-12(22-2)13(7-10)23-3/h5-8H,4,9H2,1-3H3,(H,16,20). The molecule has 0 bridgehead atoms. The van der Waals surface area contributed by atoms with Crippen LogP contribution in [0.25, 0.3) is 0 Å². The average Bonchev–Trinajstić information content (AvgIpc) is 3.03. The first kappa shape index (κ1) is 17.3. The number of aromatic nitrogens is 3. The van der Waals surface area contributed by atoms with Crippen molar-refractivity contribution in [2.24, 2.45) is 0 Å². The van der Waals surface area contributed by atoms with Gasteiger partial charge in [-0.05, 0) is 19.1 Å². The van der Waals surface area contributed by atoms with Crippen molar-refractivity contribution in [1.29, 1.82) is 0 Å². The van der Waals surface area contributed by atoms with Gasteiger partial charge in [0.1, 0.15) is 6.54 Å². The average molecular weight is 334 g/mol. The first-order valence-electron chi connectivity index (χ1n) is 7.16. The Morgan fingerprint density at radius 2 is 1.96 bits per heavy atom. The largest absolute Gasteiger partial charge is 0.493 e. The smallest absolute Gasteiger partial charge is 0.360 e. The van der Waals surface area contributed by atoms with Crippen molar-refractivity contribution < 1.29 is 23.8 Å². The van der Waals surface area contributed by atoms with E-state index < -0.39 is 5.97 Å². The van der Waals surface area contributed by atoms with Crippen molar-refractivity contribution in [3.63, 3.8) is 0 Å². The van der Waals surface area contributed by atoms with Gasteiger partial charge in [0, 0.05) is 11.8 Å². The Bertz CT molecular complexity index is 728. The van der Waals surface area contributed by atoms with E-state index in [4.69, 9.17) is 14.2 Å². The molecule has 0 aliphatic rings. The number of esters is 1. The number of hydrogen-bond donors (Lipinski definition) is 1. The normalized spacial score (nSPS) is 10.1. The molecule has 1 N–H and O–H groups in total. The number of rotatable bonds is 7. The molecular formula is C15H18N4O5. The van der Waals surface area contributed by atoms with Crippen molar-refractivity contribution in [3.05, 3.63) is 30.1 Å². The summed E-state index contributed by atoms with van der Waals surface area (Å²) >= 11 is 0. The lowest BCUT2D eigenvalue weighted by Crippen LogP contribution is -2.19. The number of hydrogen-bond acceptors (Lipinski definition) is 7.